The molecule has 168 valence electrons. The molecule has 1 saturated heterocycles. The fourth-order valence-corrected chi connectivity index (χ4v) is 4.44. The molecule has 0 aliphatic carbocycles. The molecule has 1 aliphatic heterocycles. The molecule has 9 nitrogen and oxygen atoms in total. The average Bonchev–Trinajstić information content (AvgIpc) is 3.58. The minimum atomic E-state index is -0.111. The number of rotatable bonds is 6. The molecule has 2 atom stereocenters. The normalized spacial score (nSPS) is 18.1. The Hall–Kier alpha value is -3.88. The van der Waals surface area contributed by atoms with Crippen LogP contribution in [0.25, 0.3) is 11.4 Å². The van der Waals surface area contributed by atoms with Crippen LogP contribution >= 0.6 is 0 Å². The second-order valence-electron chi connectivity index (χ2n) is 8.29. The van der Waals surface area contributed by atoms with Crippen LogP contribution in [0.2, 0.25) is 0 Å². The van der Waals surface area contributed by atoms with Crippen LogP contribution in [0.4, 0.5) is 0 Å². The molecule has 1 amide bonds. The predicted octanol–water partition coefficient (Wildman–Crippen LogP) is 3.47. The van der Waals surface area contributed by atoms with Gasteiger partial charge in [0, 0.05) is 61.3 Å². The van der Waals surface area contributed by atoms with Gasteiger partial charge in [0.2, 0.25) is 17.6 Å². The lowest BCUT2D eigenvalue weighted by Gasteiger charge is -2.16. The van der Waals surface area contributed by atoms with Crippen molar-refractivity contribution >= 4 is 5.91 Å². The summed E-state index contributed by atoms with van der Waals surface area (Å²) in [5.41, 5.74) is 3.72. The zero-order chi connectivity index (χ0) is 22.8. The molecule has 33 heavy (non-hydrogen) atoms. The minimum Gasteiger partial charge on any atom is -0.361 e. The lowest BCUT2D eigenvalue weighted by atomic mass is 9.90. The smallest absolute Gasteiger partial charge is 0.232 e. The minimum absolute atomic E-state index is 0.0208. The van der Waals surface area contributed by atoms with Crippen LogP contribution in [-0.2, 0) is 11.2 Å². The summed E-state index contributed by atoms with van der Waals surface area (Å²) in [6.45, 7) is 4.86. The molecule has 0 bridgehead atoms. The first kappa shape index (κ1) is 21.0. The van der Waals surface area contributed by atoms with Gasteiger partial charge in [-0.1, -0.05) is 16.4 Å². The van der Waals surface area contributed by atoms with Crippen molar-refractivity contribution in [2.24, 2.45) is 0 Å². The topological polar surface area (TPSA) is 111 Å². The van der Waals surface area contributed by atoms with E-state index in [0.29, 0.717) is 37.6 Å². The van der Waals surface area contributed by atoms with Gasteiger partial charge in [-0.05, 0) is 44.0 Å². The Balaban J connectivity index is 1.37. The molecule has 2 unspecified atom stereocenters. The van der Waals surface area contributed by atoms with Crippen molar-refractivity contribution in [2.45, 2.75) is 38.5 Å². The molecule has 1 fully saturated rings. The highest BCUT2D eigenvalue weighted by Crippen LogP contribution is 2.39. The summed E-state index contributed by atoms with van der Waals surface area (Å²) in [4.78, 5) is 28.0. The van der Waals surface area contributed by atoms with Crippen molar-refractivity contribution in [3.05, 3.63) is 77.5 Å². The van der Waals surface area contributed by atoms with Gasteiger partial charge in [0.15, 0.2) is 0 Å². The highest BCUT2D eigenvalue weighted by atomic mass is 16.5. The van der Waals surface area contributed by atoms with Crippen LogP contribution in [0, 0.1) is 13.8 Å². The lowest BCUT2D eigenvalue weighted by molar-refractivity contribution is -0.130. The fraction of sp³-hybridized carbons (Fsp3) is 0.333. The van der Waals surface area contributed by atoms with Gasteiger partial charge in [0.05, 0.1) is 11.6 Å². The quantitative estimate of drug-likeness (QED) is 0.444. The fourth-order valence-electron chi connectivity index (χ4n) is 4.44. The number of amides is 1. The largest absolute Gasteiger partial charge is 0.361 e. The first-order chi connectivity index (χ1) is 16.1. The van der Waals surface area contributed by atoms with Gasteiger partial charge in [-0.15, -0.1) is 0 Å². The predicted molar refractivity (Wildman–Crippen MR) is 118 cm³/mol. The molecule has 9 heteroatoms. The number of likely N-dealkylation sites (tertiary alicyclic amines) is 1. The molecule has 1 aliphatic rings. The number of carbonyl (C=O) groups is 1. The summed E-state index contributed by atoms with van der Waals surface area (Å²) < 4.78 is 10.9. The van der Waals surface area contributed by atoms with E-state index in [1.807, 2.05) is 49.2 Å². The number of carbonyl (C=O) groups excluding carboxylic acids is 1. The van der Waals surface area contributed by atoms with Crippen molar-refractivity contribution in [1.82, 2.24) is 30.2 Å². The summed E-state index contributed by atoms with van der Waals surface area (Å²) in [5, 5.41) is 8.15. The summed E-state index contributed by atoms with van der Waals surface area (Å²) in [6, 6.07) is 7.62. The van der Waals surface area contributed by atoms with Crippen molar-refractivity contribution < 1.29 is 13.8 Å². The Morgan fingerprint density at radius 2 is 1.85 bits per heavy atom. The van der Waals surface area contributed by atoms with E-state index in [4.69, 9.17) is 9.05 Å². The maximum absolute atomic E-state index is 13.1. The van der Waals surface area contributed by atoms with Crippen LogP contribution in [0.5, 0.6) is 0 Å². The number of hydrogen-bond acceptors (Lipinski definition) is 8. The van der Waals surface area contributed by atoms with Crippen LogP contribution in [-0.4, -0.2) is 49.2 Å². The zero-order valence-corrected chi connectivity index (χ0v) is 18.5. The monoisotopic (exact) mass is 444 g/mol. The van der Waals surface area contributed by atoms with Gasteiger partial charge >= 0.3 is 0 Å². The van der Waals surface area contributed by atoms with E-state index >= 15 is 0 Å². The molecular weight excluding hydrogens is 420 g/mol. The van der Waals surface area contributed by atoms with Crippen molar-refractivity contribution in [3.63, 3.8) is 0 Å². The molecule has 5 heterocycles. The number of aryl methyl sites for hydroxylation is 2. The maximum atomic E-state index is 13.1. The average molecular weight is 444 g/mol. The Labute approximate surface area is 190 Å². The third-order valence-electron chi connectivity index (χ3n) is 6.25. The van der Waals surface area contributed by atoms with Gasteiger partial charge in [-0.3, -0.25) is 14.8 Å². The van der Waals surface area contributed by atoms with Crippen LogP contribution in [0.3, 0.4) is 0 Å². The van der Waals surface area contributed by atoms with Gasteiger partial charge in [-0.25, -0.2) is 0 Å². The first-order valence-corrected chi connectivity index (χ1v) is 10.9. The molecule has 4 aromatic heterocycles. The molecule has 0 spiro atoms. The molecule has 0 aromatic carbocycles. The van der Waals surface area contributed by atoms with E-state index in [9.17, 15) is 4.79 Å². The van der Waals surface area contributed by atoms with Crippen molar-refractivity contribution in [3.8, 4) is 11.4 Å². The Morgan fingerprint density at radius 1 is 1.03 bits per heavy atom. The molecule has 0 N–H and O–H groups in total. The summed E-state index contributed by atoms with van der Waals surface area (Å²) >= 11 is 0. The van der Waals surface area contributed by atoms with Crippen LogP contribution in [0.15, 0.2) is 58.1 Å². The number of hydrogen-bond donors (Lipinski definition) is 0. The van der Waals surface area contributed by atoms with Crippen LogP contribution in [0.1, 0.15) is 46.7 Å². The SMILES string of the molecule is Cc1noc(C)c1CCC(=O)N1CC(c2cccnc2)C(c2nc(-c3ccncc3)no2)C1. The highest BCUT2D eigenvalue weighted by Gasteiger charge is 2.40. The van der Waals surface area contributed by atoms with E-state index in [2.05, 4.69) is 25.3 Å². The van der Waals surface area contributed by atoms with E-state index in [0.717, 1.165) is 28.1 Å². The highest BCUT2D eigenvalue weighted by molar-refractivity contribution is 5.77. The Morgan fingerprint density at radius 3 is 2.58 bits per heavy atom. The van der Waals surface area contributed by atoms with Gasteiger partial charge in [0.25, 0.3) is 0 Å². The molecule has 5 rings (SSSR count). The molecular formula is C24H24N6O3. The van der Waals surface area contributed by atoms with E-state index in [-0.39, 0.29) is 17.7 Å². The third kappa shape index (κ3) is 4.26. The van der Waals surface area contributed by atoms with Crippen molar-refractivity contribution in [1.29, 1.82) is 0 Å². The Bertz CT molecular complexity index is 1220. The second-order valence-corrected chi connectivity index (χ2v) is 8.29. The molecule has 4 aromatic rings. The van der Waals surface area contributed by atoms with Crippen molar-refractivity contribution in [2.75, 3.05) is 13.1 Å². The van der Waals surface area contributed by atoms with Gasteiger partial charge < -0.3 is 13.9 Å². The van der Waals surface area contributed by atoms with Gasteiger partial charge in [0.1, 0.15) is 5.76 Å². The summed E-state index contributed by atoms with van der Waals surface area (Å²) in [7, 11) is 0. The Kier molecular flexibility index (Phi) is 5.68. The molecule has 0 radical (unpaired) electrons. The maximum Gasteiger partial charge on any atom is 0.232 e. The first-order valence-electron chi connectivity index (χ1n) is 10.9. The second kappa shape index (κ2) is 8.93. The third-order valence-corrected chi connectivity index (χ3v) is 6.25. The standard InChI is InChI=1S/C24H24N6O3/c1-15-19(16(2)32-28-15)5-6-22(31)30-13-20(18-4-3-9-26-12-18)21(14-30)24-27-23(29-33-24)17-7-10-25-11-8-17/h3-4,7-12,20-21H,5-6,13-14H2,1-2H3. The summed E-state index contributed by atoms with van der Waals surface area (Å²) in [5.74, 6) is 1.80. The lowest BCUT2D eigenvalue weighted by Crippen LogP contribution is -2.29. The van der Waals surface area contributed by atoms with E-state index in [1.165, 1.54) is 0 Å². The number of pyridine rings is 2. The zero-order valence-electron chi connectivity index (χ0n) is 18.5. The van der Waals surface area contributed by atoms with E-state index < -0.39 is 0 Å². The molecule has 0 saturated carbocycles. The van der Waals surface area contributed by atoms with E-state index in [1.54, 1.807) is 18.6 Å². The number of aromatic nitrogens is 5. The van der Waals surface area contributed by atoms with Gasteiger partial charge in [-0.2, -0.15) is 4.98 Å². The van der Waals surface area contributed by atoms with Crippen LogP contribution < -0.4 is 0 Å². The summed E-state index contributed by atoms with van der Waals surface area (Å²) in [6.07, 6.45) is 7.97. The number of nitrogens with zero attached hydrogens (tertiary/aromatic N) is 6.